The van der Waals surface area contributed by atoms with Crippen molar-refractivity contribution in [2.24, 2.45) is 5.73 Å². The molecule has 0 aliphatic carbocycles. The Morgan fingerprint density at radius 1 is 1.46 bits per heavy atom. The number of nitrogens with two attached hydrogens (primary N) is 1. The molecule has 0 aromatic heterocycles. The maximum Gasteiger partial charge on any atom is 0.323 e. The van der Waals surface area contributed by atoms with Gasteiger partial charge in [-0.05, 0) is 6.42 Å². The smallest absolute Gasteiger partial charge is 0.323 e. The van der Waals surface area contributed by atoms with Crippen LogP contribution in [0.2, 0.25) is 0 Å². The topological polar surface area (TPSA) is 86.5 Å². The Kier molecular flexibility index (Phi) is 5.65. The summed E-state index contributed by atoms with van der Waals surface area (Å²) in [5, 5.41) is 0. The number of hydrogen-bond acceptors (Lipinski definition) is 5. The van der Waals surface area contributed by atoms with Crippen LogP contribution in [0.4, 0.5) is 0 Å². The second-order valence-electron chi connectivity index (χ2n) is 2.61. The summed E-state index contributed by atoms with van der Waals surface area (Å²) in [6.45, 7) is 1.96. The number of unbranched alkanes of at least 4 members (excludes halogenated alkanes) is 1. The van der Waals surface area contributed by atoms with Crippen molar-refractivity contribution in [1.29, 1.82) is 0 Å². The largest absolute Gasteiger partial charge is 0.346 e. The molecule has 0 amide bonds. The highest BCUT2D eigenvalue weighted by atomic mass is 32.2. The fourth-order valence-corrected chi connectivity index (χ4v) is 1.76. The fourth-order valence-electron chi connectivity index (χ4n) is 0.664. The lowest BCUT2D eigenvalue weighted by molar-refractivity contribution is -0.133. The predicted molar refractivity (Wildman–Crippen MR) is 48.5 cm³/mol. The van der Waals surface area contributed by atoms with Crippen LogP contribution in [0.25, 0.3) is 0 Å². The van der Waals surface area contributed by atoms with Gasteiger partial charge in [0.15, 0.2) is 0 Å². The molecule has 0 aliphatic rings. The molecule has 0 aromatic rings. The fraction of sp³-hybridized carbons (Fsp3) is 0.857. The maximum absolute atomic E-state index is 11.0. The van der Waals surface area contributed by atoms with E-state index in [0.29, 0.717) is 6.42 Å². The summed E-state index contributed by atoms with van der Waals surface area (Å²) in [7, 11) is -3.67. The van der Waals surface area contributed by atoms with Crippen molar-refractivity contribution in [2.75, 3.05) is 12.3 Å². The molecule has 6 heteroatoms. The Balaban J connectivity index is 3.95. The van der Waals surface area contributed by atoms with Crippen LogP contribution in [0.3, 0.4) is 0 Å². The molecule has 0 unspecified atom stereocenters. The van der Waals surface area contributed by atoms with E-state index in [1.165, 1.54) is 0 Å². The molecule has 0 atom stereocenters. The van der Waals surface area contributed by atoms with Crippen LogP contribution in [0.5, 0.6) is 0 Å². The van der Waals surface area contributed by atoms with E-state index in [0.717, 1.165) is 6.42 Å². The summed E-state index contributed by atoms with van der Waals surface area (Å²) >= 11 is 0. The Hall–Kier alpha value is -0.620. The third-order valence-corrected chi connectivity index (χ3v) is 2.54. The Bertz CT molecular complexity index is 247. The van der Waals surface area contributed by atoms with Gasteiger partial charge in [-0.15, -0.1) is 0 Å². The number of hydrogen-bond donors (Lipinski definition) is 1. The zero-order chi connectivity index (χ0) is 10.3. The van der Waals surface area contributed by atoms with Crippen molar-refractivity contribution < 1.29 is 17.4 Å². The van der Waals surface area contributed by atoms with Crippen LogP contribution in [0.15, 0.2) is 0 Å². The zero-order valence-electron chi connectivity index (χ0n) is 7.65. The highest BCUT2D eigenvalue weighted by Crippen LogP contribution is 2.00. The van der Waals surface area contributed by atoms with Gasteiger partial charge in [-0.3, -0.25) is 4.79 Å². The molecule has 0 saturated carbocycles. The van der Waals surface area contributed by atoms with Crippen molar-refractivity contribution in [3.8, 4) is 0 Å². The Morgan fingerprint density at radius 2 is 2.08 bits per heavy atom. The third kappa shape index (κ3) is 6.53. The molecule has 13 heavy (non-hydrogen) atoms. The van der Waals surface area contributed by atoms with Gasteiger partial charge in [0.1, 0.15) is 0 Å². The van der Waals surface area contributed by atoms with Gasteiger partial charge in [0.25, 0.3) is 0 Å². The van der Waals surface area contributed by atoms with Crippen LogP contribution in [0, 0.1) is 0 Å². The van der Waals surface area contributed by atoms with Gasteiger partial charge in [-0.1, -0.05) is 13.3 Å². The average molecular weight is 209 g/mol. The van der Waals surface area contributed by atoms with E-state index in [9.17, 15) is 13.2 Å². The summed E-state index contributed by atoms with van der Waals surface area (Å²) in [5.41, 5.74) is 5.05. The quantitative estimate of drug-likeness (QED) is 0.623. The molecule has 0 rings (SSSR count). The van der Waals surface area contributed by atoms with Gasteiger partial charge in [-0.2, -0.15) is 8.42 Å². The van der Waals surface area contributed by atoms with Crippen molar-refractivity contribution >= 4 is 16.1 Å². The van der Waals surface area contributed by atoms with Crippen LogP contribution in [-0.2, 0) is 19.1 Å². The minimum Gasteiger partial charge on any atom is -0.346 e. The monoisotopic (exact) mass is 209 g/mol. The second kappa shape index (κ2) is 5.93. The van der Waals surface area contributed by atoms with Crippen molar-refractivity contribution in [3.63, 3.8) is 0 Å². The molecule has 0 aliphatic heterocycles. The van der Waals surface area contributed by atoms with E-state index < -0.39 is 16.1 Å². The van der Waals surface area contributed by atoms with Gasteiger partial charge < -0.3 is 9.92 Å². The summed E-state index contributed by atoms with van der Waals surface area (Å²) in [4.78, 5) is 10.7. The summed E-state index contributed by atoms with van der Waals surface area (Å²) in [6.07, 6.45) is 1.18. The van der Waals surface area contributed by atoms with Crippen molar-refractivity contribution in [3.05, 3.63) is 0 Å². The molecule has 0 heterocycles. The Labute approximate surface area is 78.4 Å². The Morgan fingerprint density at radius 3 is 2.54 bits per heavy atom. The molecule has 0 spiro atoms. The summed E-state index contributed by atoms with van der Waals surface area (Å²) in [5.74, 6) is -0.890. The highest BCUT2D eigenvalue weighted by Gasteiger charge is 2.15. The second-order valence-corrected chi connectivity index (χ2v) is 4.30. The highest BCUT2D eigenvalue weighted by molar-refractivity contribution is 7.87. The van der Waals surface area contributed by atoms with Crippen molar-refractivity contribution in [2.45, 2.75) is 26.2 Å². The first-order valence-electron chi connectivity index (χ1n) is 4.17. The molecule has 5 nitrogen and oxygen atoms in total. The van der Waals surface area contributed by atoms with Gasteiger partial charge in [0, 0.05) is 6.54 Å². The van der Waals surface area contributed by atoms with Crippen LogP contribution >= 0.6 is 0 Å². The van der Waals surface area contributed by atoms with Crippen LogP contribution in [0.1, 0.15) is 26.2 Å². The van der Waals surface area contributed by atoms with E-state index in [2.05, 4.69) is 4.18 Å². The van der Waals surface area contributed by atoms with E-state index in [4.69, 9.17) is 5.73 Å². The molecule has 78 valence electrons. The predicted octanol–water partition coefficient (Wildman–Crippen LogP) is 0.00830. The van der Waals surface area contributed by atoms with Gasteiger partial charge in [0.2, 0.25) is 0 Å². The summed E-state index contributed by atoms with van der Waals surface area (Å²) in [6, 6.07) is 0. The third-order valence-electron chi connectivity index (χ3n) is 1.32. The van der Waals surface area contributed by atoms with Crippen LogP contribution < -0.4 is 5.73 Å². The SMILES string of the molecule is CCCCS(=O)(=O)OC(=O)CCN. The first-order valence-corrected chi connectivity index (χ1v) is 5.74. The molecule has 0 bridgehead atoms. The van der Waals surface area contributed by atoms with E-state index in [1.54, 1.807) is 0 Å². The van der Waals surface area contributed by atoms with Crippen LogP contribution in [-0.4, -0.2) is 26.7 Å². The normalized spacial score (nSPS) is 11.2. The molecule has 0 fully saturated rings. The van der Waals surface area contributed by atoms with E-state index in [-0.39, 0.29) is 18.7 Å². The molecular formula is C7H15NO4S. The zero-order valence-corrected chi connectivity index (χ0v) is 8.47. The van der Waals surface area contributed by atoms with Gasteiger partial charge in [0.05, 0.1) is 12.2 Å². The van der Waals surface area contributed by atoms with E-state index >= 15 is 0 Å². The minimum atomic E-state index is -3.67. The van der Waals surface area contributed by atoms with Gasteiger partial charge >= 0.3 is 16.1 Å². The maximum atomic E-state index is 11.0. The standard InChI is InChI=1S/C7H15NO4S/c1-2-3-6-13(10,11)12-7(9)4-5-8/h2-6,8H2,1H3. The van der Waals surface area contributed by atoms with E-state index in [1.807, 2.05) is 6.92 Å². The number of rotatable bonds is 6. The summed E-state index contributed by atoms with van der Waals surface area (Å²) < 4.78 is 26.2. The van der Waals surface area contributed by atoms with Gasteiger partial charge in [-0.25, -0.2) is 0 Å². The van der Waals surface area contributed by atoms with Crippen molar-refractivity contribution in [1.82, 2.24) is 0 Å². The minimum absolute atomic E-state index is 0.0641. The molecule has 0 aromatic carbocycles. The molecule has 2 N–H and O–H groups in total. The molecular weight excluding hydrogens is 194 g/mol. The lowest BCUT2D eigenvalue weighted by Crippen LogP contribution is -2.18. The number of carbonyl (C=O) groups is 1. The lowest BCUT2D eigenvalue weighted by Gasteiger charge is -2.03. The molecule has 0 saturated heterocycles. The number of carbonyl (C=O) groups excluding carboxylic acids is 1. The molecule has 0 radical (unpaired) electrons. The average Bonchev–Trinajstić information content (AvgIpc) is 2.00. The first kappa shape index (κ1) is 12.4. The first-order chi connectivity index (χ1) is 6.02. The lowest BCUT2D eigenvalue weighted by atomic mass is 10.4.